The molecule has 6 rings (SSSR count). The largest absolute Gasteiger partial charge is 0.381 e. The van der Waals surface area contributed by atoms with Gasteiger partial charge in [-0.3, -0.25) is 19.3 Å². The number of rotatable bonds is 7. The van der Waals surface area contributed by atoms with E-state index in [2.05, 4.69) is 23.6 Å². The Hall–Kier alpha value is -1.91. The first-order valence-corrected chi connectivity index (χ1v) is 17.9. The molecule has 4 saturated heterocycles. The van der Waals surface area contributed by atoms with Crippen molar-refractivity contribution in [3.05, 3.63) is 34.9 Å². The highest BCUT2D eigenvalue weighted by Gasteiger charge is 2.51. The van der Waals surface area contributed by atoms with E-state index < -0.39 is 12.1 Å². The monoisotopic (exact) mass is 692 g/mol. The molecule has 5 fully saturated rings. The first-order valence-electron chi connectivity index (χ1n) is 17.5. The number of benzene rings is 1. The Balaban J connectivity index is 0.00000433. The van der Waals surface area contributed by atoms with Crippen molar-refractivity contribution in [3.8, 4) is 0 Å². The van der Waals surface area contributed by atoms with E-state index in [0.717, 1.165) is 76.7 Å². The number of halogens is 2. The molecule has 0 bridgehead atoms. The van der Waals surface area contributed by atoms with E-state index in [9.17, 15) is 14.4 Å². The summed E-state index contributed by atoms with van der Waals surface area (Å²) in [6, 6.07) is 7.54. The SMILES string of the molecule is CN(C)C(=O)[C@@H]1C[C@H](N(C(=O)[C@@H]2CCCO2)C2CCC(C)(C)CC2)CN1C(=O)[C@@H]1CN(C2CCOCC2)C[C@H]1c1ccc(Cl)cc1.Cl. The summed E-state index contributed by atoms with van der Waals surface area (Å²) in [4.78, 5) is 50.8. The van der Waals surface area contributed by atoms with E-state index >= 15 is 0 Å². The zero-order valence-corrected chi connectivity index (χ0v) is 30.1. The van der Waals surface area contributed by atoms with Crippen molar-refractivity contribution in [2.24, 2.45) is 11.3 Å². The second kappa shape index (κ2) is 15.3. The van der Waals surface area contributed by atoms with Gasteiger partial charge < -0.3 is 24.2 Å². The molecule has 3 amide bonds. The van der Waals surface area contributed by atoms with Crippen molar-refractivity contribution < 1.29 is 23.9 Å². The van der Waals surface area contributed by atoms with Crippen LogP contribution in [0.25, 0.3) is 0 Å². The summed E-state index contributed by atoms with van der Waals surface area (Å²) in [6.07, 6.45) is 7.54. The summed E-state index contributed by atoms with van der Waals surface area (Å²) in [5, 5.41) is 0.673. The minimum Gasteiger partial charge on any atom is -0.381 e. The van der Waals surface area contributed by atoms with Gasteiger partial charge in [-0.05, 0) is 80.9 Å². The summed E-state index contributed by atoms with van der Waals surface area (Å²) in [5.41, 5.74) is 1.36. The Morgan fingerprint density at radius 2 is 1.55 bits per heavy atom. The normalized spacial score (nSPS) is 30.2. The average molecular weight is 694 g/mol. The Morgan fingerprint density at radius 3 is 2.17 bits per heavy atom. The molecule has 5 atom stereocenters. The molecular formula is C36H54Cl2N4O5. The molecule has 1 aromatic rings. The molecule has 0 spiro atoms. The lowest BCUT2D eigenvalue weighted by atomic mass is 9.75. The van der Waals surface area contributed by atoms with Crippen LogP contribution in [-0.2, 0) is 23.9 Å². The summed E-state index contributed by atoms with van der Waals surface area (Å²) in [6.45, 7) is 8.51. The van der Waals surface area contributed by atoms with E-state index in [1.54, 1.807) is 19.0 Å². The fourth-order valence-electron chi connectivity index (χ4n) is 8.74. The molecule has 9 nitrogen and oxygen atoms in total. The van der Waals surface area contributed by atoms with Crippen molar-refractivity contribution in [2.45, 2.75) is 108 Å². The second-order valence-corrected chi connectivity index (χ2v) is 15.8. The highest BCUT2D eigenvalue weighted by atomic mass is 35.5. The predicted octanol–water partition coefficient (Wildman–Crippen LogP) is 4.99. The van der Waals surface area contributed by atoms with Crippen molar-refractivity contribution >= 4 is 41.7 Å². The molecule has 1 aliphatic carbocycles. The maximum Gasteiger partial charge on any atom is 0.252 e. The average Bonchev–Trinajstić information content (AvgIpc) is 3.83. The molecule has 1 aromatic carbocycles. The van der Waals surface area contributed by atoms with E-state index in [1.807, 2.05) is 29.2 Å². The zero-order chi connectivity index (χ0) is 32.6. The zero-order valence-electron chi connectivity index (χ0n) is 28.6. The van der Waals surface area contributed by atoms with Gasteiger partial charge in [-0.1, -0.05) is 37.6 Å². The number of likely N-dealkylation sites (N-methyl/N-ethyl adjacent to an activating group) is 1. The van der Waals surface area contributed by atoms with Gasteiger partial charge in [0.15, 0.2) is 0 Å². The van der Waals surface area contributed by atoms with Gasteiger partial charge in [-0.2, -0.15) is 0 Å². The first-order chi connectivity index (χ1) is 22.0. The van der Waals surface area contributed by atoms with Gasteiger partial charge in [0, 0.05) is 76.6 Å². The second-order valence-electron chi connectivity index (χ2n) is 15.3. The molecule has 0 aromatic heterocycles. The summed E-state index contributed by atoms with van der Waals surface area (Å²) in [5.74, 6) is -0.313. The standard InChI is InChI=1S/C36H53ClN4O5.ClH/c1-36(2)15-11-27(12-16-36)41(35(44)32-6-5-17-46-32)28-20-31(34(43)38(3)4)40(21-28)33(42)30-23-39(26-13-18-45-19-14-26)22-29(30)24-7-9-25(37)10-8-24;/h7-10,26-32H,5-6,11-23H2,1-4H3;1H/t28-,29-,30+,31-,32-;/m0./s1. The molecule has 11 heteroatoms. The van der Waals surface area contributed by atoms with Crippen LogP contribution in [0.5, 0.6) is 0 Å². The molecule has 1 saturated carbocycles. The molecular weight excluding hydrogens is 639 g/mol. The topological polar surface area (TPSA) is 82.6 Å². The minimum atomic E-state index is -0.602. The van der Waals surface area contributed by atoms with Crippen LogP contribution in [0.15, 0.2) is 24.3 Å². The van der Waals surface area contributed by atoms with Gasteiger partial charge in [0.25, 0.3) is 5.91 Å². The van der Waals surface area contributed by atoms with Crippen molar-refractivity contribution in [1.82, 2.24) is 19.6 Å². The fraction of sp³-hybridized carbons (Fsp3) is 0.750. The summed E-state index contributed by atoms with van der Waals surface area (Å²) >= 11 is 6.27. The first kappa shape index (κ1) is 36.4. The molecule has 0 radical (unpaired) electrons. The van der Waals surface area contributed by atoms with Crippen LogP contribution in [0.4, 0.5) is 0 Å². The quantitative estimate of drug-likeness (QED) is 0.401. The van der Waals surface area contributed by atoms with Crippen LogP contribution >= 0.6 is 24.0 Å². The molecule has 0 unspecified atom stereocenters. The Morgan fingerprint density at radius 1 is 0.872 bits per heavy atom. The van der Waals surface area contributed by atoms with Crippen molar-refractivity contribution in [1.29, 1.82) is 0 Å². The Kier molecular flexibility index (Phi) is 11.9. The number of nitrogens with zero attached hydrogens (tertiary/aromatic N) is 4. The van der Waals surface area contributed by atoms with Crippen LogP contribution in [0.3, 0.4) is 0 Å². The lowest BCUT2D eigenvalue weighted by Crippen LogP contribution is -2.53. The van der Waals surface area contributed by atoms with Gasteiger partial charge in [0.2, 0.25) is 11.8 Å². The number of carbonyl (C=O) groups is 3. The smallest absolute Gasteiger partial charge is 0.252 e. The minimum absolute atomic E-state index is 0. The van der Waals surface area contributed by atoms with Crippen LogP contribution in [0, 0.1) is 11.3 Å². The summed E-state index contributed by atoms with van der Waals surface area (Å²) in [7, 11) is 3.52. The number of amides is 3. The molecule has 47 heavy (non-hydrogen) atoms. The van der Waals surface area contributed by atoms with E-state index in [4.69, 9.17) is 21.1 Å². The number of carbonyl (C=O) groups excluding carboxylic acids is 3. The maximum absolute atomic E-state index is 14.9. The molecule has 262 valence electrons. The highest BCUT2D eigenvalue weighted by Crippen LogP contribution is 2.42. The van der Waals surface area contributed by atoms with Crippen LogP contribution in [-0.4, -0.2) is 121 Å². The Labute approximate surface area is 292 Å². The van der Waals surface area contributed by atoms with Crippen LogP contribution in [0.1, 0.15) is 83.1 Å². The molecule has 0 N–H and O–H groups in total. The predicted molar refractivity (Wildman–Crippen MR) is 185 cm³/mol. The highest BCUT2D eigenvalue weighted by molar-refractivity contribution is 6.30. The molecule has 5 aliphatic rings. The van der Waals surface area contributed by atoms with E-state index in [0.29, 0.717) is 37.2 Å². The van der Waals surface area contributed by atoms with E-state index in [1.165, 1.54) is 0 Å². The van der Waals surface area contributed by atoms with Gasteiger partial charge in [0.1, 0.15) is 12.1 Å². The maximum atomic E-state index is 14.9. The van der Waals surface area contributed by atoms with E-state index in [-0.39, 0.29) is 59.5 Å². The molecule has 4 aliphatic heterocycles. The third kappa shape index (κ3) is 7.95. The van der Waals surface area contributed by atoms with Gasteiger partial charge in [-0.25, -0.2) is 0 Å². The lowest BCUT2D eigenvalue weighted by molar-refractivity contribution is -0.148. The van der Waals surface area contributed by atoms with Gasteiger partial charge in [-0.15, -0.1) is 12.4 Å². The number of ether oxygens (including phenoxy) is 2. The Bertz CT molecular complexity index is 1240. The summed E-state index contributed by atoms with van der Waals surface area (Å²) < 4.78 is 11.6. The third-order valence-corrected chi connectivity index (χ3v) is 11.8. The third-order valence-electron chi connectivity index (χ3n) is 11.5. The lowest BCUT2D eigenvalue weighted by Gasteiger charge is -2.43. The van der Waals surface area contributed by atoms with Gasteiger partial charge in [0.05, 0.1) is 12.0 Å². The van der Waals surface area contributed by atoms with Crippen molar-refractivity contribution in [2.75, 3.05) is 53.6 Å². The van der Waals surface area contributed by atoms with Crippen LogP contribution in [0.2, 0.25) is 5.02 Å². The fourth-order valence-corrected chi connectivity index (χ4v) is 8.87. The molecule has 4 heterocycles. The number of likely N-dealkylation sites (tertiary alicyclic amines) is 2. The van der Waals surface area contributed by atoms with Gasteiger partial charge >= 0.3 is 0 Å². The van der Waals surface area contributed by atoms with Crippen molar-refractivity contribution in [3.63, 3.8) is 0 Å². The number of hydrogen-bond donors (Lipinski definition) is 0. The number of hydrogen-bond acceptors (Lipinski definition) is 6. The van der Waals surface area contributed by atoms with Crippen LogP contribution < -0.4 is 0 Å².